The lowest BCUT2D eigenvalue weighted by Gasteiger charge is -2.35. The number of alkyl halides is 3. The molecule has 0 bridgehead atoms. The molecule has 30 heavy (non-hydrogen) atoms. The van der Waals surface area contributed by atoms with Crippen molar-refractivity contribution in [2.75, 3.05) is 37.6 Å². The third-order valence-electron chi connectivity index (χ3n) is 4.57. The van der Waals surface area contributed by atoms with Crippen LogP contribution >= 0.6 is 23.2 Å². The zero-order valence-electron chi connectivity index (χ0n) is 15.5. The highest BCUT2D eigenvalue weighted by Gasteiger charge is 2.32. The average Bonchev–Trinajstić information content (AvgIpc) is 2.71. The van der Waals surface area contributed by atoms with E-state index in [2.05, 4.69) is 10.3 Å². The van der Waals surface area contributed by atoms with Crippen LogP contribution in [-0.4, -0.2) is 54.4 Å². The van der Waals surface area contributed by atoms with Crippen LogP contribution in [0, 0.1) is 0 Å². The van der Waals surface area contributed by atoms with E-state index in [1.807, 2.05) is 0 Å². The van der Waals surface area contributed by atoms with Gasteiger partial charge in [0.1, 0.15) is 5.82 Å². The van der Waals surface area contributed by atoms with Crippen molar-refractivity contribution < 1.29 is 22.8 Å². The van der Waals surface area contributed by atoms with Gasteiger partial charge in [-0.05, 0) is 24.3 Å². The van der Waals surface area contributed by atoms with Gasteiger partial charge in [0, 0.05) is 43.0 Å². The molecule has 2 aromatic rings. The third-order valence-corrected chi connectivity index (χ3v) is 5.08. The fourth-order valence-corrected chi connectivity index (χ4v) is 3.46. The number of nitrogens with zero attached hydrogens (tertiary/aromatic N) is 3. The molecule has 0 saturated carbocycles. The highest BCUT2D eigenvalue weighted by Crippen LogP contribution is 2.33. The maximum absolute atomic E-state index is 12.7. The molecule has 1 N–H and O–H groups in total. The summed E-state index contributed by atoms with van der Waals surface area (Å²) in [6, 6.07) is 7.21. The summed E-state index contributed by atoms with van der Waals surface area (Å²) in [5, 5.41) is 2.87. The summed E-state index contributed by atoms with van der Waals surface area (Å²) >= 11 is 11.8. The number of amides is 2. The minimum atomic E-state index is -4.52. The number of hydrogen-bond donors (Lipinski definition) is 1. The number of pyridine rings is 1. The molecule has 0 aliphatic carbocycles. The summed E-state index contributed by atoms with van der Waals surface area (Å²) in [6.07, 6.45) is -3.78. The highest BCUT2D eigenvalue weighted by atomic mass is 35.5. The summed E-state index contributed by atoms with van der Waals surface area (Å²) in [7, 11) is 0. The lowest BCUT2D eigenvalue weighted by Crippen LogP contribution is -2.51. The molecule has 2 amide bonds. The second-order valence-corrected chi connectivity index (χ2v) is 7.43. The van der Waals surface area contributed by atoms with E-state index >= 15 is 0 Å². The molecule has 1 saturated heterocycles. The van der Waals surface area contributed by atoms with Gasteiger partial charge in [0.15, 0.2) is 0 Å². The minimum absolute atomic E-state index is 0.0987. The second-order valence-electron chi connectivity index (χ2n) is 6.59. The van der Waals surface area contributed by atoms with Crippen molar-refractivity contribution in [3.05, 3.63) is 57.7 Å². The SMILES string of the molecule is O=C(NCC(=O)N1CCN(c2ncc(C(F)(F)F)cc2Cl)CC1)c1cccc(Cl)c1. The number of carbonyl (C=O) groups is 2. The Bertz CT molecular complexity index is 948. The molecular formula is C19H17Cl2F3N4O2. The van der Waals surface area contributed by atoms with Crippen LogP contribution in [0.2, 0.25) is 10.0 Å². The molecule has 160 valence electrons. The van der Waals surface area contributed by atoms with Crippen LogP contribution in [0.15, 0.2) is 36.5 Å². The molecule has 1 aliphatic rings. The lowest BCUT2D eigenvalue weighted by molar-refractivity contribution is -0.137. The van der Waals surface area contributed by atoms with Crippen molar-refractivity contribution >= 4 is 40.8 Å². The Balaban J connectivity index is 1.53. The number of aromatic nitrogens is 1. The zero-order chi connectivity index (χ0) is 21.9. The predicted octanol–water partition coefficient (Wildman–Crippen LogP) is 3.49. The summed E-state index contributed by atoms with van der Waals surface area (Å²) in [5.74, 6) is -0.437. The van der Waals surface area contributed by atoms with E-state index in [9.17, 15) is 22.8 Å². The van der Waals surface area contributed by atoms with Crippen molar-refractivity contribution in [3.63, 3.8) is 0 Å². The predicted molar refractivity (Wildman–Crippen MR) is 107 cm³/mol. The van der Waals surface area contributed by atoms with E-state index in [1.54, 1.807) is 28.0 Å². The van der Waals surface area contributed by atoms with Gasteiger partial charge in [0.25, 0.3) is 5.91 Å². The topological polar surface area (TPSA) is 65.5 Å². The number of benzene rings is 1. The number of rotatable bonds is 4. The molecule has 0 atom stereocenters. The summed E-state index contributed by atoms with van der Waals surface area (Å²) in [6.45, 7) is 1.18. The van der Waals surface area contributed by atoms with E-state index < -0.39 is 17.6 Å². The molecule has 11 heteroatoms. The van der Waals surface area contributed by atoms with Gasteiger partial charge in [0.05, 0.1) is 17.1 Å². The Morgan fingerprint density at radius 2 is 1.80 bits per heavy atom. The van der Waals surface area contributed by atoms with Crippen LogP contribution in [0.25, 0.3) is 0 Å². The molecule has 1 aromatic carbocycles. The average molecular weight is 461 g/mol. The van der Waals surface area contributed by atoms with Crippen LogP contribution in [-0.2, 0) is 11.0 Å². The molecule has 1 aliphatic heterocycles. The highest BCUT2D eigenvalue weighted by molar-refractivity contribution is 6.33. The number of anilines is 1. The smallest absolute Gasteiger partial charge is 0.352 e. The van der Waals surface area contributed by atoms with E-state index in [0.29, 0.717) is 36.8 Å². The van der Waals surface area contributed by atoms with Crippen molar-refractivity contribution in [3.8, 4) is 0 Å². The van der Waals surface area contributed by atoms with Crippen LogP contribution in [0.1, 0.15) is 15.9 Å². The number of carbonyl (C=O) groups excluding carboxylic acids is 2. The van der Waals surface area contributed by atoms with Crippen molar-refractivity contribution in [1.82, 2.24) is 15.2 Å². The van der Waals surface area contributed by atoms with Gasteiger partial charge >= 0.3 is 6.18 Å². The molecule has 1 fully saturated rings. The summed E-state index contributed by atoms with van der Waals surface area (Å²) < 4.78 is 38.2. The maximum atomic E-state index is 12.7. The van der Waals surface area contributed by atoms with Gasteiger partial charge < -0.3 is 15.1 Å². The van der Waals surface area contributed by atoms with E-state index in [-0.39, 0.29) is 23.3 Å². The molecule has 0 spiro atoms. The largest absolute Gasteiger partial charge is 0.417 e. The van der Waals surface area contributed by atoms with E-state index in [4.69, 9.17) is 23.2 Å². The lowest BCUT2D eigenvalue weighted by atomic mass is 10.2. The van der Waals surface area contributed by atoms with E-state index in [1.165, 1.54) is 6.07 Å². The first-order valence-corrected chi connectivity index (χ1v) is 9.70. The monoisotopic (exact) mass is 460 g/mol. The van der Waals surface area contributed by atoms with Crippen LogP contribution in [0.3, 0.4) is 0 Å². The van der Waals surface area contributed by atoms with Gasteiger partial charge in [-0.15, -0.1) is 0 Å². The van der Waals surface area contributed by atoms with Gasteiger partial charge in [-0.25, -0.2) is 4.98 Å². The normalized spacial score (nSPS) is 14.6. The van der Waals surface area contributed by atoms with Crippen LogP contribution < -0.4 is 10.2 Å². The van der Waals surface area contributed by atoms with Gasteiger partial charge in [-0.3, -0.25) is 9.59 Å². The van der Waals surface area contributed by atoms with Crippen molar-refractivity contribution in [1.29, 1.82) is 0 Å². The fourth-order valence-electron chi connectivity index (χ4n) is 2.99. The Labute approximate surface area is 180 Å². The minimum Gasteiger partial charge on any atom is -0.352 e. The number of piperazine rings is 1. The molecule has 3 rings (SSSR count). The summed E-state index contributed by atoms with van der Waals surface area (Å²) in [5.41, 5.74) is -0.566. The Morgan fingerprint density at radius 1 is 1.10 bits per heavy atom. The molecular weight excluding hydrogens is 444 g/mol. The first-order chi connectivity index (χ1) is 14.1. The van der Waals surface area contributed by atoms with Crippen LogP contribution in [0.4, 0.5) is 19.0 Å². The third kappa shape index (κ3) is 5.34. The molecule has 0 unspecified atom stereocenters. The number of hydrogen-bond acceptors (Lipinski definition) is 4. The second kappa shape index (κ2) is 9.09. The summed E-state index contributed by atoms with van der Waals surface area (Å²) in [4.78, 5) is 31.6. The van der Waals surface area contributed by atoms with E-state index in [0.717, 1.165) is 12.3 Å². The van der Waals surface area contributed by atoms with Gasteiger partial charge in [0.2, 0.25) is 5.91 Å². The maximum Gasteiger partial charge on any atom is 0.417 e. The quantitative estimate of drug-likeness (QED) is 0.758. The standard InChI is InChI=1S/C19H17Cl2F3N4O2/c20-14-3-1-2-12(8-14)18(30)26-11-16(29)27-4-6-28(7-5-27)17-15(21)9-13(10-25-17)19(22,23)24/h1-3,8-10H,4-7,11H2,(H,26,30). The zero-order valence-corrected chi connectivity index (χ0v) is 17.1. The Kier molecular flexibility index (Phi) is 6.72. The van der Waals surface area contributed by atoms with Crippen molar-refractivity contribution in [2.24, 2.45) is 0 Å². The molecule has 1 aromatic heterocycles. The Hall–Kier alpha value is -2.52. The fraction of sp³-hybridized carbons (Fsp3) is 0.316. The molecule has 6 nitrogen and oxygen atoms in total. The number of halogens is 5. The van der Waals surface area contributed by atoms with Crippen molar-refractivity contribution in [2.45, 2.75) is 6.18 Å². The van der Waals surface area contributed by atoms with Gasteiger partial charge in [-0.2, -0.15) is 13.2 Å². The first kappa shape index (κ1) is 22.2. The first-order valence-electron chi connectivity index (χ1n) is 8.94. The molecule has 2 heterocycles. The Morgan fingerprint density at radius 3 is 2.40 bits per heavy atom. The number of nitrogens with one attached hydrogen (secondary N) is 1. The van der Waals surface area contributed by atoms with Crippen LogP contribution in [0.5, 0.6) is 0 Å². The van der Waals surface area contributed by atoms with Gasteiger partial charge in [-0.1, -0.05) is 29.3 Å². The molecule has 0 radical (unpaired) electrons.